The van der Waals surface area contributed by atoms with Crippen LogP contribution in [0.1, 0.15) is 12.1 Å². The maximum Gasteiger partial charge on any atom is 0.221 e. The molecule has 0 bridgehead atoms. The Bertz CT molecular complexity index is 372. The van der Waals surface area contributed by atoms with E-state index in [2.05, 4.69) is 10.6 Å². The summed E-state index contributed by atoms with van der Waals surface area (Å²) in [5.41, 5.74) is 1.13. The average molecular weight is 253 g/mol. The molecule has 0 aliphatic carbocycles. The summed E-state index contributed by atoms with van der Waals surface area (Å²) < 4.78 is 2.02. The van der Waals surface area contributed by atoms with Gasteiger partial charge in [0, 0.05) is 49.5 Å². The lowest BCUT2D eigenvalue weighted by molar-refractivity contribution is -0.121. The molecule has 1 saturated heterocycles. The van der Waals surface area contributed by atoms with Crippen LogP contribution in [-0.4, -0.2) is 34.6 Å². The molecule has 1 unspecified atom stereocenters. The fourth-order valence-corrected chi connectivity index (χ4v) is 2.87. The lowest BCUT2D eigenvalue weighted by Gasteiger charge is -2.22. The first-order valence-corrected chi connectivity index (χ1v) is 7.09. The largest absolute Gasteiger partial charge is 0.353 e. The van der Waals surface area contributed by atoms with Crippen molar-refractivity contribution in [2.75, 3.05) is 18.1 Å². The molecular weight excluding hydrogens is 234 g/mol. The van der Waals surface area contributed by atoms with Crippen LogP contribution in [0.25, 0.3) is 0 Å². The summed E-state index contributed by atoms with van der Waals surface area (Å²) in [6, 6.07) is 4.35. The summed E-state index contributed by atoms with van der Waals surface area (Å²) in [4.78, 5) is 11.7. The average Bonchev–Trinajstić information content (AvgIpc) is 2.74. The van der Waals surface area contributed by atoms with E-state index in [0.29, 0.717) is 19.0 Å². The summed E-state index contributed by atoms with van der Waals surface area (Å²) >= 11 is 1.92. The van der Waals surface area contributed by atoms with Gasteiger partial charge < -0.3 is 15.2 Å². The zero-order chi connectivity index (χ0) is 12.1. The highest BCUT2D eigenvalue weighted by atomic mass is 32.2. The Hall–Kier alpha value is -0.940. The van der Waals surface area contributed by atoms with Gasteiger partial charge in [0.05, 0.1) is 6.54 Å². The number of nitrogens with one attached hydrogen (secondary N) is 2. The number of aryl methyl sites for hydroxylation is 1. The predicted octanol–water partition coefficient (Wildman–Crippen LogP) is 0.736. The molecule has 0 spiro atoms. The number of amides is 1. The fourth-order valence-electron chi connectivity index (χ4n) is 1.92. The molecule has 1 amide bonds. The summed E-state index contributed by atoms with van der Waals surface area (Å²) in [7, 11) is 1.99. The van der Waals surface area contributed by atoms with Crippen LogP contribution in [0.3, 0.4) is 0 Å². The first kappa shape index (κ1) is 12.5. The number of hydrogen-bond donors (Lipinski definition) is 2. The van der Waals surface area contributed by atoms with Crippen molar-refractivity contribution < 1.29 is 4.79 Å². The van der Waals surface area contributed by atoms with Crippen LogP contribution in [0.4, 0.5) is 0 Å². The minimum atomic E-state index is 0.131. The normalized spacial score (nSPS) is 20.2. The highest BCUT2D eigenvalue weighted by molar-refractivity contribution is 7.99. The van der Waals surface area contributed by atoms with Crippen molar-refractivity contribution in [1.82, 2.24) is 15.2 Å². The Balaban J connectivity index is 1.72. The topological polar surface area (TPSA) is 46.1 Å². The molecule has 2 N–H and O–H groups in total. The smallest absolute Gasteiger partial charge is 0.221 e. The van der Waals surface area contributed by atoms with Crippen LogP contribution < -0.4 is 10.6 Å². The van der Waals surface area contributed by atoms with E-state index in [9.17, 15) is 4.79 Å². The maximum absolute atomic E-state index is 11.7. The van der Waals surface area contributed by atoms with E-state index >= 15 is 0 Å². The van der Waals surface area contributed by atoms with E-state index in [-0.39, 0.29) is 5.91 Å². The standard InChI is InChI=1S/C12H19N3OS/c1-15-5-2-3-11(15)8-14-12(16)7-10-9-17-6-4-13-10/h2-3,5,10,13H,4,6-9H2,1H3,(H,14,16). The molecule has 2 heterocycles. The number of carbonyl (C=O) groups is 1. The number of nitrogens with zero attached hydrogens (tertiary/aromatic N) is 1. The third-order valence-corrected chi connectivity index (χ3v) is 4.08. The van der Waals surface area contributed by atoms with Crippen molar-refractivity contribution in [3.63, 3.8) is 0 Å². The molecule has 4 nitrogen and oxygen atoms in total. The minimum Gasteiger partial charge on any atom is -0.353 e. The number of rotatable bonds is 4. The summed E-state index contributed by atoms with van der Waals surface area (Å²) in [6.45, 7) is 1.63. The SMILES string of the molecule is Cn1cccc1CNC(=O)CC1CSCCN1. The molecule has 94 valence electrons. The van der Waals surface area contributed by atoms with Gasteiger partial charge in [-0.05, 0) is 12.1 Å². The number of aromatic nitrogens is 1. The molecule has 1 fully saturated rings. The Labute approximate surface area is 106 Å². The molecule has 1 aliphatic rings. The van der Waals surface area contributed by atoms with Gasteiger partial charge in [-0.15, -0.1) is 0 Å². The molecule has 0 radical (unpaired) electrons. The van der Waals surface area contributed by atoms with Crippen molar-refractivity contribution in [3.05, 3.63) is 24.0 Å². The van der Waals surface area contributed by atoms with Crippen LogP contribution in [0.2, 0.25) is 0 Å². The Morgan fingerprint density at radius 1 is 1.71 bits per heavy atom. The second kappa shape index (κ2) is 6.12. The number of hydrogen-bond acceptors (Lipinski definition) is 3. The second-order valence-corrected chi connectivity index (χ2v) is 5.47. The first-order valence-electron chi connectivity index (χ1n) is 5.94. The molecule has 2 rings (SSSR count). The molecule has 5 heteroatoms. The van der Waals surface area contributed by atoms with Gasteiger partial charge >= 0.3 is 0 Å². The minimum absolute atomic E-state index is 0.131. The van der Waals surface area contributed by atoms with Gasteiger partial charge in [0.25, 0.3) is 0 Å². The highest BCUT2D eigenvalue weighted by Gasteiger charge is 2.16. The monoisotopic (exact) mass is 253 g/mol. The van der Waals surface area contributed by atoms with Crippen molar-refractivity contribution in [3.8, 4) is 0 Å². The summed E-state index contributed by atoms with van der Waals surface area (Å²) in [5.74, 6) is 2.32. The van der Waals surface area contributed by atoms with Gasteiger partial charge in [-0.1, -0.05) is 0 Å². The molecule has 17 heavy (non-hydrogen) atoms. The number of carbonyl (C=O) groups excluding carboxylic acids is 1. The third kappa shape index (κ3) is 3.78. The summed E-state index contributed by atoms with van der Waals surface area (Å²) in [5, 5.41) is 6.33. The fraction of sp³-hybridized carbons (Fsp3) is 0.583. The highest BCUT2D eigenvalue weighted by Crippen LogP contribution is 2.10. The van der Waals surface area contributed by atoms with Crippen LogP contribution in [0.15, 0.2) is 18.3 Å². The molecule has 1 aromatic rings. The van der Waals surface area contributed by atoms with Gasteiger partial charge in [0.15, 0.2) is 0 Å². The van der Waals surface area contributed by atoms with Gasteiger partial charge in [0.1, 0.15) is 0 Å². The van der Waals surface area contributed by atoms with E-state index < -0.39 is 0 Å². The van der Waals surface area contributed by atoms with Crippen molar-refractivity contribution in [1.29, 1.82) is 0 Å². The van der Waals surface area contributed by atoms with Crippen LogP contribution in [0, 0.1) is 0 Å². The lowest BCUT2D eigenvalue weighted by atomic mass is 10.2. The van der Waals surface area contributed by atoms with E-state index in [1.54, 1.807) is 0 Å². The van der Waals surface area contributed by atoms with Crippen LogP contribution >= 0.6 is 11.8 Å². The predicted molar refractivity (Wildman–Crippen MR) is 71.0 cm³/mol. The first-order chi connectivity index (χ1) is 8.25. The second-order valence-electron chi connectivity index (χ2n) is 4.32. The molecule has 1 aromatic heterocycles. The van der Waals surface area contributed by atoms with Crippen LogP contribution in [-0.2, 0) is 18.4 Å². The zero-order valence-corrected chi connectivity index (χ0v) is 10.9. The van der Waals surface area contributed by atoms with Crippen molar-refractivity contribution >= 4 is 17.7 Å². The molecule has 1 atom stereocenters. The quantitative estimate of drug-likeness (QED) is 0.832. The lowest BCUT2D eigenvalue weighted by Crippen LogP contribution is -2.41. The van der Waals surface area contributed by atoms with Crippen molar-refractivity contribution in [2.24, 2.45) is 7.05 Å². The molecular formula is C12H19N3OS. The van der Waals surface area contributed by atoms with Gasteiger partial charge in [-0.2, -0.15) is 11.8 Å². The molecule has 0 saturated carbocycles. The Kier molecular flexibility index (Phi) is 4.50. The summed E-state index contributed by atoms with van der Waals surface area (Å²) in [6.07, 6.45) is 2.57. The molecule has 1 aliphatic heterocycles. The van der Waals surface area contributed by atoms with E-state index in [0.717, 1.165) is 23.7 Å². The maximum atomic E-state index is 11.7. The van der Waals surface area contributed by atoms with Crippen molar-refractivity contribution in [2.45, 2.75) is 19.0 Å². The zero-order valence-electron chi connectivity index (χ0n) is 10.1. The van der Waals surface area contributed by atoms with Gasteiger partial charge in [-0.25, -0.2) is 0 Å². The van der Waals surface area contributed by atoms with Gasteiger partial charge in [0.2, 0.25) is 5.91 Å². The molecule has 0 aromatic carbocycles. The van der Waals surface area contributed by atoms with Crippen LogP contribution in [0.5, 0.6) is 0 Å². The third-order valence-electron chi connectivity index (χ3n) is 2.95. The Morgan fingerprint density at radius 3 is 3.24 bits per heavy atom. The number of thioether (sulfide) groups is 1. The Morgan fingerprint density at radius 2 is 2.59 bits per heavy atom. The van der Waals surface area contributed by atoms with Gasteiger partial charge in [-0.3, -0.25) is 4.79 Å². The van der Waals surface area contributed by atoms with E-state index in [4.69, 9.17) is 0 Å². The van der Waals surface area contributed by atoms with E-state index in [1.165, 1.54) is 0 Å². The van der Waals surface area contributed by atoms with E-state index in [1.807, 2.05) is 41.7 Å².